The number of carboxylic acids is 1. The van der Waals surface area contributed by atoms with Crippen molar-refractivity contribution in [1.29, 1.82) is 0 Å². The summed E-state index contributed by atoms with van der Waals surface area (Å²) < 4.78 is 5.49. The number of ether oxygens (including phenoxy) is 1. The fourth-order valence-electron chi connectivity index (χ4n) is 6.31. The molecule has 0 aliphatic carbocycles. The summed E-state index contributed by atoms with van der Waals surface area (Å²) in [4.78, 5) is 57.5. The number of likely N-dealkylation sites (N-methyl/N-ethyl adjacent to an activating group) is 1. The number of aliphatic imine (C=N–C) groups is 1. The third kappa shape index (κ3) is 8.05. The molecule has 2 fully saturated rings. The number of β-lactam (4-membered cyclic amide) rings is 1. The maximum Gasteiger partial charge on any atom is 0.353 e. The van der Waals surface area contributed by atoms with Gasteiger partial charge in [-0.1, -0.05) is 19.4 Å². The number of aliphatic hydroxyl groups excluding tert-OH is 1. The highest BCUT2D eigenvalue weighted by molar-refractivity contribution is 8.03. The number of aliphatic carboxylic acids is 1. The summed E-state index contributed by atoms with van der Waals surface area (Å²) in [6, 6.07) is -0.738. The van der Waals surface area contributed by atoms with Gasteiger partial charge in [-0.25, -0.2) is 4.79 Å². The third-order valence-electron chi connectivity index (χ3n) is 8.64. The first-order valence-electron chi connectivity index (χ1n) is 15.3. The highest BCUT2D eigenvalue weighted by Gasteiger charge is 2.60. The van der Waals surface area contributed by atoms with Crippen LogP contribution < -0.4 is 10.6 Å². The molecule has 0 aromatic rings. The lowest BCUT2D eigenvalue weighted by molar-refractivity contribution is -0.163. The van der Waals surface area contributed by atoms with Crippen LogP contribution in [0.1, 0.15) is 52.4 Å². The number of carboxylic acid groups (broad SMARTS) is 1. The normalized spacial score (nSPS) is 28.6. The first-order chi connectivity index (χ1) is 20.6. The first-order valence-corrected chi connectivity index (χ1v) is 16.1. The smallest absolute Gasteiger partial charge is 0.353 e. The number of aliphatic hydroxyl groups is 1. The number of unbranched alkanes of at least 4 members (excludes halogenated alkanes) is 1. The van der Waals surface area contributed by atoms with Crippen LogP contribution in [0.4, 0.5) is 0 Å². The summed E-state index contributed by atoms with van der Waals surface area (Å²) >= 11 is 1.42. The lowest BCUT2D eigenvalue weighted by atomic mass is 9.79. The molecule has 2 saturated heterocycles. The second-order valence-electron chi connectivity index (χ2n) is 11.9. The van der Waals surface area contributed by atoms with Gasteiger partial charge in [-0.2, -0.15) is 0 Å². The number of hydrogen-bond acceptors (Lipinski definition) is 9. The molecule has 2 unspecified atom stereocenters. The van der Waals surface area contributed by atoms with Crippen molar-refractivity contribution in [2.24, 2.45) is 22.7 Å². The molecule has 4 rings (SSSR count). The lowest BCUT2D eigenvalue weighted by Crippen LogP contribution is -2.63. The van der Waals surface area contributed by atoms with E-state index in [1.54, 1.807) is 18.9 Å². The molecular weight excluding hydrogens is 574 g/mol. The largest absolute Gasteiger partial charge is 0.477 e. The van der Waals surface area contributed by atoms with E-state index in [2.05, 4.69) is 21.7 Å². The van der Waals surface area contributed by atoms with E-state index in [1.165, 1.54) is 16.7 Å². The molecule has 4 aliphatic heterocycles. The first kappa shape index (κ1) is 33.2. The molecule has 0 spiro atoms. The van der Waals surface area contributed by atoms with Crippen LogP contribution in [0.2, 0.25) is 0 Å². The molecule has 43 heavy (non-hydrogen) atoms. The molecule has 4 N–H and O–H groups in total. The van der Waals surface area contributed by atoms with Crippen LogP contribution in [-0.4, -0.2) is 113 Å². The van der Waals surface area contributed by atoms with E-state index in [9.17, 15) is 29.4 Å². The Hall–Kier alpha value is -2.74. The molecule has 3 amide bonds. The second kappa shape index (κ2) is 15.3. The van der Waals surface area contributed by atoms with Crippen LogP contribution in [0.3, 0.4) is 0 Å². The molecule has 12 nitrogen and oxygen atoms in total. The fourth-order valence-corrected chi connectivity index (χ4v) is 7.79. The van der Waals surface area contributed by atoms with Crippen molar-refractivity contribution in [2.75, 3.05) is 39.9 Å². The zero-order valence-corrected chi connectivity index (χ0v) is 26.1. The van der Waals surface area contributed by atoms with Crippen molar-refractivity contribution in [1.82, 2.24) is 20.4 Å². The van der Waals surface area contributed by atoms with Gasteiger partial charge < -0.3 is 35.4 Å². The van der Waals surface area contributed by atoms with E-state index in [0.29, 0.717) is 49.9 Å². The standard InChI is InChI=1S/C30H45N5O7S/c1-18-25-24(19(2)36)29(39)35(25)26(30(40)41)27(18)43-21-14-22(33-16-21)28(38)34(3)12-7-11-32-23(37)17-42-13-5-4-8-20-9-6-10-31-15-20/h6,10,15,18-22,24-25,33,36H,4-5,7-9,11-14,16-17H2,1-3H3,(H,32,37)(H,40,41)/t18-,19-,20?,21+,22+,24-,25?/m1/s1. The van der Waals surface area contributed by atoms with Gasteiger partial charge in [0.05, 0.1) is 24.1 Å². The van der Waals surface area contributed by atoms with Crippen LogP contribution >= 0.6 is 11.8 Å². The number of fused-ring (bicyclic) bond motifs is 1. The highest BCUT2D eigenvalue weighted by Crippen LogP contribution is 2.51. The number of carbonyl (C=O) groups excluding carboxylic acids is 3. The van der Waals surface area contributed by atoms with E-state index in [1.807, 2.05) is 19.3 Å². The number of nitrogens with one attached hydrogen (secondary N) is 2. The quantitative estimate of drug-likeness (QED) is 0.148. The van der Waals surface area contributed by atoms with Gasteiger partial charge in [0.25, 0.3) is 0 Å². The Bertz CT molecular complexity index is 1140. The van der Waals surface area contributed by atoms with Crippen molar-refractivity contribution in [3.05, 3.63) is 22.9 Å². The lowest BCUT2D eigenvalue weighted by Gasteiger charge is -2.46. The fraction of sp³-hybridized carbons (Fsp3) is 0.700. The molecule has 0 saturated carbocycles. The van der Waals surface area contributed by atoms with Crippen molar-refractivity contribution in [2.45, 2.75) is 75.8 Å². The monoisotopic (exact) mass is 619 g/mol. The Kier molecular flexibility index (Phi) is 11.8. The number of carbonyl (C=O) groups is 4. The molecule has 4 aliphatic rings. The average Bonchev–Trinajstić information content (AvgIpc) is 3.54. The summed E-state index contributed by atoms with van der Waals surface area (Å²) in [5.41, 5.74) is 0.00620. The van der Waals surface area contributed by atoms with Gasteiger partial charge in [0.1, 0.15) is 12.3 Å². The molecule has 7 atom stereocenters. The summed E-state index contributed by atoms with van der Waals surface area (Å²) in [5, 5.41) is 26.0. The van der Waals surface area contributed by atoms with Crippen LogP contribution in [-0.2, 0) is 23.9 Å². The molecule has 0 radical (unpaired) electrons. The van der Waals surface area contributed by atoms with Gasteiger partial charge in [-0.3, -0.25) is 19.4 Å². The summed E-state index contributed by atoms with van der Waals surface area (Å²) in [6.07, 6.45) is 10.3. The van der Waals surface area contributed by atoms with Crippen molar-refractivity contribution in [3.8, 4) is 0 Å². The topological polar surface area (TPSA) is 161 Å². The van der Waals surface area contributed by atoms with E-state index in [4.69, 9.17) is 4.74 Å². The molecule has 0 bridgehead atoms. The van der Waals surface area contributed by atoms with E-state index in [-0.39, 0.29) is 53.3 Å². The number of amides is 3. The maximum atomic E-state index is 13.0. The minimum atomic E-state index is -1.15. The van der Waals surface area contributed by atoms with E-state index < -0.39 is 18.0 Å². The second-order valence-corrected chi connectivity index (χ2v) is 13.2. The number of rotatable bonds is 16. The summed E-state index contributed by atoms with van der Waals surface area (Å²) in [7, 11) is 1.74. The predicted octanol–water partition coefficient (Wildman–Crippen LogP) is 1.36. The molecule has 13 heteroatoms. The van der Waals surface area contributed by atoms with Crippen LogP contribution in [0.25, 0.3) is 0 Å². The molecular formula is C30H45N5O7S. The Labute approximate surface area is 257 Å². The van der Waals surface area contributed by atoms with E-state index >= 15 is 0 Å². The van der Waals surface area contributed by atoms with Gasteiger partial charge in [0.15, 0.2) is 0 Å². The SMILES string of the molecule is C[C@H]1C(S[C@@H]2CN[C@H](C(=O)N(C)CCCNC(=O)COCCCCC3C=NC=CC3)C2)=C(C(=O)O)N2C(=O)[C@H]([C@@H](C)O)C12. The zero-order valence-electron chi connectivity index (χ0n) is 25.2. The minimum Gasteiger partial charge on any atom is -0.477 e. The van der Waals surface area contributed by atoms with Gasteiger partial charge >= 0.3 is 5.97 Å². The molecule has 4 heterocycles. The molecule has 0 aromatic carbocycles. The molecule has 238 valence electrons. The Morgan fingerprint density at radius 1 is 1.30 bits per heavy atom. The summed E-state index contributed by atoms with van der Waals surface area (Å²) in [5.74, 6) is -2.01. The van der Waals surface area contributed by atoms with Crippen molar-refractivity contribution >= 4 is 41.7 Å². The number of hydrogen-bond donors (Lipinski definition) is 4. The zero-order chi connectivity index (χ0) is 31.1. The maximum absolute atomic E-state index is 13.0. The van der Waals surface area contributed by atoms with Gasteiger partial charge in [-0.05, 0) is 44.9 Å². The van der Waals surface area contributed by atoms with Crippen LogP contribution in [0, 0.1) is 17.8 Å². The number of nitrogens with zero attached hydrogens (tertiary/aromatic N) is 3. The Balaban J connectivity index is 1.11. The highest BCUT2D eigenvalue weighted by atomic mass is 32.2. The van der Waals surface area contributed by atoms with Gasteiger partial charge in [0, 0.05) is 61.8 Å². The third-order valence-corrected chi connectivity index (χ3v) is 10.1. The number of allylic oxidation sites excluding steroid dienone is 1. The Morgan fingerprint density at radius 3 is 2.79 bits per heavy atom. The van der Waals surface area contributed by atoms with Crippen LogP contribution in [0.5, 0.6) is 0 Å². The predicted molar refractivity (Wildman–Crippen MR) is 163 cm³/mol. The van der Waals surface area contributed by atoms with Crippen LogP contribution in [0.15, 0.2) is 27.9 Å². The Morgan fingerprint density at radius 2 is 2.09 bits per heavy atom. The van der Waals surface area contributed by atoms with E-state index in [0.717, 1.165) is 25.7 Å². The van der Waals surface area contributed by atoms with Crippen molar-refractivity contribution < 1.29 is 34.1 Å². The van der Waals surface area contributed by atoms with Gasteiger partial charge in [-0.15, -0.1) is 11.8 Å². The molecule has 0 aromatic heterocycles. The minimum absolute atomic E-state index is 0.00620. The summed E-state index contributed by atoms with van der Waals surface area (Å²) in [6.45, 7) is 5.50. The van der Waals surface area contributed by atoms with Crippen molar-refractivity contribution in [3.63, 3.8) is 0 Å². The average molecular weight is 620 g/mol. The van der Waals surface area contributed by atoms with Gasteiger partial charge in [0.2, 0.25) is 17.7 Å². The number of thioether (sulfide) groups is 1.